The molecule has 0 spiro atoms. The van der Waals surface area contributed by atoms with Crippen molar-refractivity contribution in [3.63, 3.8) is 0 Å². The Bertz CT molecular complexity index is 807. The van der Waals surface area contributed by atoms with E-state index in [9.17, 15) is 14.7 Å². The zero-order valence-corrected chi connectivity index (χ0v) is 21.8. The molecular formula is C29H46O4. The first-order chi connectivity index (χ1) is 15.3. The summed E-state index contributed by atoms with van der Waals surface area (Å²) >= 11 is 0. The Morgan fingerprint density at radius 1 is 1.18 bits per heavy atom. The number of carbonyl (C=O) groups is 2. The van der Waals surface area contributed by atoms with Crippen LogP contribution in [-0.2, 0) is 14.3 Å². The van der Waals surface area contributed by atoms with Crippen molar-refractivity contribution in [1.82, 2.24) is 0 Å². The average Bonchev–Trinajstić information content (AvgIpc) is 3.05. The van der Waals surface area contributed by atoms with E-state index < -0.39 is 5.60 Å². The summed E-state index contributed by atoms with van der Waals surface area (Å²) in [6.07, 6.45) is 12.4. The monoisotopic (exact) mass is 458 g/mol. The molecule has 0 aliphatic heterocycles. The highest BCUT2D eigenvalue weighted by molar-refractivity contribution is 5.98. The van der Waals surface area contributed by atoms with Gasteiger partial charge < -0.3 is 9.84 Å². The number of hydrogen-bond donors (Lipinski definition) is 1. The fraction of sp³-hybridized carbons (Fsp3) is 0.862. The van der Waals surface area contributed by atoms with E-state index >= 15 is 0 Å². The van der Waals surface area contributed by atoms with Crippen LogP contribution in [0.5, 0.6) is 0 Å². The molecule has 0 aromatic carbocycles. The number of allylic oxidation sites excluding steroid dienone is 1. The van der Waals surface area contributed by atoms with Crippen molar-refractivity contribution in [2.75, 3.05) is 0 Å². The Labute approximate surface area is 200 Å². The van der Waals surface area contributed by atoms with Crippen LogP contribution in [0.3, 0.4) is 0 Å². The predicted molar refractivity (Wildman–Crippen MR) is 130 cm³/mol. The lowest BCUT2D eigenvalue weighted by molar-refractivity contribution is -0.146. The number of esters is 1. The Kier molecular flexibility index (Phi) is 6.66. The first-order valence-electron chi connectivity index (χ1n) is 13.5. The standard InChI is InChI=1S/C29H46O4/c1-18(8-7-13-27(3,4)32)22-9-10-23-21-17-26(31)25-16-20(33-19(2)30)11-14-29(25,6)24(21)12-15-28(22,23)5/h16,18,20-24,32H,7-15,17H2,1-6H3/t18?,20?,21-,22?,23?,24?,28+,29+/m0/s1. The van der Waals surface area contributed by atoms with Crippen LogP contribution in [0.4, 0.5) is 0 Å². The summed E-state index contributed by atoms with van der Waals surface area (Å²) < 4.78 is 5.47. The summed E-state index contributed by atoms with van der Waals surface area (Å²) in [5.41, 5.74) is 0.660. The maximum absolute atomic E-state index is 13.4. The van der Waals surface area contributed by atoms with E-state index in [-0.39, 0.29) is 17.5 Å². The third kappa shape index (κ3) is 4.58. The number of ketones is 1. The molecule has 0 amide bonds. The fourth-order valence-corrected chi connectivity index (χ4v) is 8.86. The van der Waals surface area contributed by atoms with Gasteiger partial charge in [0.25, 0.3) is 0 Å². The molecule has 0 radical (unpaired) electrons. The second kappa shape index (κ2) is 8.81. The molecule has 186 valence electrons. The molecule has 8 atom stereocenters. The van der Waals surface area contributed by atoms with Crippen molar-refractivity contribution in [2.24, 2.45) is 40.4 Å². The Balaban J connectivity index is 1.50. The van der Waals surface area contributed by atoms with Gasteiger partial charge in [-0.2, -0.15) is 0 Å². The van der Waals surface area contributed by atoms with E-state index in [0.29, 0.717) is 41.3 Å². The molecule has 0 heterocycles. The van der Waals surface area contributed by atoms with Crippen molar-refractivity contribution in [1.29, 1.82) is 0 Å². The van der Waals surface area contributed by atoms with Crippen LogP contribution in [0.15, 0.2) is 11.6 Å². The topological polar surface area (TPSA) is 63.6 Å². The second-order valence-electron chi connectivity index (χ2n) is 13.1. The van der Waals surface area contributed by atoms with Crippen LogP contribution in [-0.4, -0.2) is 28.6 Å². The van der Waals surface area contributed by atoms with Crippen LogP contribution in [0.1, 0.15) is 106 Å². The first kappa shape index (κ1) is 24.9. The molecule has 4 rings (SSSR count). The zero-order valence-electron chi connectivity index (χ0n) is 21.8. The smallest absolute Gasteiger partial charge is 0.303 e. The maximum Gasteiger partial charge on any atom is 0.303 e. The summed E-state index contributed by atoms with van der Waals surface area (Å²) in [4.78, 5) is 24.9. The highest BCUT2D eigenvalue weighted by Crippen LogP contribution is 2.67. The molecule has 4 nitrogen and oxygen atoms in total. The van der Waals surface area contributed by atoms with Gasteiger partial charge in [0, 0.05) is 18.9 Å². The third-order valence-electron chi connectivity index (χ3n) is 10.4. The number of fused-ring (bicyclic) bond motifs is 5. The number of ether oxygens (including phenoxy) is 1. The van der Waals surface area contributed by atoms with E-state index in [1.807, 2.05) is 19.9 Å². The van der Waals surface area contributed by atoms with Gasteiger partial charge in [-0.15, -0.1) is 0 Å². The maximum atomic E-state index is 13.4. The fourth-order valence-electron chi connectivity index (χ4n) is 8.86. The first-order valence-corrected chi connectivity index (χ1v) is 13.5. The predicted octanol–water partition coefficient (Wildman–Crippen LogP) is 6.25. The van der Waals surface area contributed by atoms with Gasteiger partial charge in [0.15, 0.2) is 5.78 Å². The number of hydrogen-bond acceptors (Lipinski definition) is 4. The molecule has 5 unspecified atom stereocenters. The molecule has 3 fully saturated rings. The molecule has 33 heavy (non-hydrogen) atoms. The van der Waals surface area contributed by atoms with Crippen molar-refractivity contribution < 1.29 is 19.4 Å². The molecule has 0 aromatic rings. The van der Waals surface area contributed by atoms with E-state index in [1.165, 1.54) is 39.0 Å². The second-order valence-corrected chi connectivity index (χ2v) is 13.1. The van der Waals surface area contributed by atoms with Gasteiger partial charge in [-0.05, 0) is 105 Å². The normalized spacial score (nSPS) is 41.5. The van der Waals surface area contributed by atoms with Gasteiger partial charge in [0.05, 0.1) is 5.60 Å². The lowest BCUT2D eigenvalue weighted by Gasteiger charge is -2.58. The minimum absolute atomic E-state index is 0.0611. The Morgan fingerprint density at radius 3 is 2.58 bits per heavy atom. The third-order valence-corrected chi connectivity index (χ3v) is 10.4. The van der Waals surface area contributed by atoms with Gasteiger partial charge in [0.2, 0.25) is 0 Å². The molecule has 0 aromatic heterocycles. The molecule has 4 heteroatoms. The summed E-state index contributed by atoms with van der Waals surface area (Å²) in [5, 5.41) is 10.1. The molecular weight excluding hydrogens is 412 g/mol. The largest absolute Gasteiger partial charge is 0.458 e. The van der Waals surface area contributed by atoms with E-state index in [0.717, 1.165) is 37.2 Å². The summed E-state index contributed by atoms with van der Waals surface area (Å²) in [7, 11) is 0. The highest BCUT2D eigenvalue weighted by atomic mass is 16.5. The van der Waals surface area contributed by atoms with Crippen LogP contribution in [0.25, 0.3) is 0 Å². The Morgan fingerprint density at radius 2 is 1.91 bits per heavy atom. The summed E-state index contributed by atoms with van der Waals surface area (Å²) in [6, 6.07) is 0. The van der Waals surface area contributed by atoms with Gasteiger partial charge in [0.1, 0.15) is 6.10 Å². The van der Waals surface area contributed by atoms with E-state index in [1.54, 1.807) is 0 Å². The number of aliphatic hydroxyl groups is 1. The summed E-state index contributed by atoms with van der Waals surface area (Å²) in [6.45, 7) is 12.6. The lowest BCUT2D eigenvalue weighted by atomic mass is 9.46. The lowest BCUT2D eigenvalue weighted by Crippen LogP contribution is -2.53. The van der Waals surface area contributed by atoms with Crippen LogP contribution in [0.2, 0.25) is 0 Å². The Hall–Kier alpha value is -1.16. The van der Waals surface area contributed by atoms with Gasteiger partial charge >= 0.3 is 5.97 Å². The van der Waals surface area contributed by atoms with Gasteiger partial charge in [-0.3, -0.25) is 9.59 Å². The van der Waals surface area contributed by atoms with Crippen LogP contribution < -0.4 is 0 Å². The molecule has 4 aliphatic carbocycles. The molecule has 1 N–H and O–H groups in total. The quantitative estimate of drug-likeness (QED) is 0.478. The number of rotatable bonds is 6. The minimum atomic E-state index is -0.572. The van der Waals surface area contributed by atoms with E-state index in [4.69, 9.17) is 4.74 Å². The SMILES string of the molecule is CC(=O)OC1C=C2C(=O)C[C@H]3C4CCC(C(C)CCCC(C)(C)O)[C@@]4(C)CCC3[C@@]2(C)CC1. The van der Waals surface area contributed by atoms with Gasteiger partial charge in [-0.25, -0.2) is 0 Å². The molecule has 0 saturated heterocycles. The highest BCUT2D eigenvalue weighted by Gasteiger charge is 2.61. The average molecular weight is 459 g/mol. The van der Waals surface area contributed by atoms with Crippen molar-refractivity contribution in [3.05, 3.63) is 11.6 Å². The molecule has 0 bridgehead atoms. The number of carbonyl (C=O) groups excluding carboxylic acids is 2. The van der Waals surface area contributed by atoms with Crippen molar-refractivity contribution in [3.8, 4) is 0 Å². The zero-order chi connectivity index (χ0) is 24.2. The van der Waals surface area contributed by atoms with Gasteiger partial charge in [-0.1, -0.05) is 33.6 Å². The van der Waals surface area contributed by atoms with E-state index in [2.05, 4.69) is 20.8 Å². The van der Waals surface area contributed by atoms with Crippen molar-refractivity contribution in [2.45, 2.75) is 117 Å². The minimum Gasteiger partial charge on any atom is -0.458 e. The van der Waals surface area contributed by atoms with Crippen LogP contribution >= 0.6 is 0 Å². The summed E-state index contributed by atoms with van der Waals surface area (Å²) in [5.74, 6) is 3.16. The van der Waals surface area contributed by atoms with Crippen molar-refractivity contribution >= 4 is 11.8 Å². The molecule has 4 aliphatic rings. The van der Waals surface area contributed by atoms with Crippen LogP contribution in [0, 0.1) is 40.4 Å². The molecule has 3 saturated carbocycles. The number of Topliss-reactive ketones (excluding diaryl/α,β-unsaturated/α-hetero) is 1.